The summed E-state index contributed by atoms with van der Waals surface area (Å²) >= 11 is 0. The molecule has 36 heavy (non-hydrogen) atoms. The number of anilines is 3. The Kier molecular flexibility index (Phi) is 6.75. The van der Waals surface area contributed by atoms with Gasteiger partial charge in [0.2, 0.25) is 0 Å². The molecule has 0 aliphatic carbocycles. The standard InChI is InChI=1S/C27H29N5O4/c28-22-3-1-2-20(25(22)33)19-8-9-23(24-21(19)16-30-27(24)35)31-26(34)17-4-6-18(7-5-17)29-10-11-32-12-14-36-15-13-32/h1-9,29,33H,10-16,28H2,(H,30,35)(H,31,34). The first-order valence-electron chi connectivity index (χ1n) is 12.0. The summed E-state index contributed by atoms with van der Waals surface area (Å²) in [6.07, 6.45) is 0. The molecule has 0 spiro atoms. The number of hydrogen-bond acceptors (Lipinski definition) is 7. The van der Waals surface area contributed by atoms with Crippen LogP contribution in [-0.2, 0) is 11.3 Å². The number of phenols is 1. The number of benzene rings is 3. The van der Waals surface area contributed by atoms with Gasteiger partial charge in [-0.3, -0.25) is 14.5 Å². The summed E-state index contributed by atoms with van der Waals surface area (Å²) in [6.45, 7) is 5.49. The van der Waals surface area contributed by atoms with Crippen molar-refractivity contribution in [2.45, 2.75) is 6.54 Å². The average molecular weight is 488 g/mol. The van der Waals surface area contributed by atoms with E-state index in [1.165, 1.54) is 0 Å². The monoisotopic (exact) mass is 487 g/mol. The third-order valence-corrected chi connectivity index (χ3v) is 6.58. The third kappa shape index (κ3) is 4.84. The van der Waals surface area contributed by atoms with E-state index >= 15 is 0 Å². The van der Waals surface area contributed by atoms with E-state index in [4.69, 9.17) is 10.5 Å². The Morgan fingerprint density at radius 1 is 1.06 bits per heavy atom. The zero-order valence-electron chi connectivity index (χ0n) is 19.8. The predicted molar refractivity (Wildman–Crippen MR) is 139 cm³/mol. The lowest BCUT2D eigenvalue weighted by atomic mass is 9.94. The maximum atomic E-state index is 13.0. The number of nitrogens with two attached hydrogens (primary N) is 1. The van der Waals surface area contributed by atoms with E-state index in [9.17, 15) is 14.7 Å². The lowest BCUT2D eigenvalue weighted by molar-refractivity contribution is 0.0398. The Balaban J connectivity index is 1.28. The van der Waals surface area contributed by atoms with E-state index in [2.05, 4.69) is 20.9 Å². The Morgan fingerprint density at radius 3 is 2.61 bits per heavy atom. The molecule has 186 valence electrons. The van der Waals surface area contributed by atoms with Gasteiger partial charge < -0.3 is 31.5 Å². The number of morpholine rings is 1. The number of ether oxygens (including phenoxy) is 1. The molecule has 2 heterocycles. The van der Waals surface area contributed by atoms with E-state index in [1.807, 2.05) is 12.1 Å². The first-order valence-corrected chi connectivity index (χ1v) is 12.0. The van der Waals surface area contributed by atoms with Gasteiger partial charge in [0.15, 0.2) is 0 Å². The summed E-state index contributed by atoms with van der Waals surface area (Å²) in [4.78, 5) is 28.0. The molecule has 3 aromatic carbocycles. The number of aromatic hydroxyl groups is 1. The molecule has 0 bridgehead atoms. The summed E-state index contributed by atoms with van der Waals surface area (Å²) in [5, 5.41) is 19.5. The molecule has 0 saturated carbocycles. The van der Waals surface area contributed by atoms with E-state index in [0.717, 1.165) is 45.1 Å². The van der Waals surface area contributed by atoms with Crippen molar-refractivity contribution < 1.29 is 19.4 Å². The second-order valence-electron chi connectivity index (χ2n) is 8.85. The second-order valence-corrected chi connectivity index (χ2v) is 8.85. The fourth-order valence-electron chi connectivity index (χ4n) is 4.60. The average Bonchev–Trinajstić information content (AvgIpc) is 3.29. The zero-order chi connectivity index (χ0) is 25.1. The molecule has 2 aliphatic rings. The Hall–Kier alpha value is -4.08. The smallest absolute Gasteiger partial charge is 0.255 e. The van der Waals surface area contributed by atoms with Crippen LogP contribution in [0.1, 0.15) is 26.3 Å². The second kappa shape index (κ2) is 10.3. The van der Waals surface area contributed by atoms with Gasteiger partial charge in [-0.1, -0.05) is 18.2 Å². The molecule has 0 aromatic heterocycles. The molecule has 2 aliphatic heterocycles. The molecule has 1 saturated heterocycles. The summed E-state index contributed by atoms with van der Waals surface area (Å²) in [7, 11) is 0. The van der Waals surface area contributed by atoms with Gasteiger partial charge in [-0.25, -0.2) is 0 Å². The molecule has 3 aromatic rings. The minimum atomic E-state index is -0.309. The van der Waals surface area contributed by atoms with Gasteiger partial charge >= 0.3 is 0 Å². The van der Waals surface area contributed by atoms with Gasteiger partial charge in [0.25, 0.3) is 11.8 Å². The van der Waals surface area contributed by atoms with Crippen LogP contribution in [-0.4, -0.2) is 61.2 Å². The molecule has 0 atom stereocenters. The molecule has 2 amide bonds. The van der Waals surface area contributed by atoms with Crippen molar-refractivity contribution in [2.75, 3.05) is 55.8 Å². The molecule has 5 rings (SSSR count). The Labute approximate surface area is 209 Å². The first-order chi connectivity index (χ1) is 17.5. The van der Waals surface area contributed by atoms with Crippen molar-refractivity contribution in [1.82, 2.24) is 10.2 Å². The summed E-state index contributed by atoms with van der Waals surface area (Å²) < 4.78 is 5.37. The highest BCUT2D eigenvalue weighted by atomic mass is 16.5. The van der Waals surface area contributed by atoms with Crippen LogP contribution in [0.3, 0.4) is 0 Å². The van der Waals surface area contributed by atoms with Crippen molar-refractivity contribution in [3.63, 3.8) is 0 Å². The van der Waals surface area contributed by atoms with Crippen LogP contribution in [0, 0.1) is 0 Å². The summed E-state index contributed by atoms with van der Waals surface area (Å²) in [6, 6.07) is 15.8. The number of nitrogens with zero attached hydrogens (tertiary/aromatic N) is 1. The van der Waals surface area contributed by atoms with Crippen LogP contribution in [0.2, 0.25) is 0 Å². The molecule has 9 heteroatoms. The number of carbonyl (C=O) groups excluding carboxylic acids is 2. The molecule has 0 unspecified atom stereocenters. The quantitative estimate of drug-likeness (QED) is 0.256. The van der Waals surface area contributed by atoms with Gasteiger partial charge in [0.1, 0.15) is 5.75 Å². The number of fused-ring (bicyclic) bond motifs is 1. The Morgan fingerprint density at radius 2 is 1.83 bits per heavy atom. The fraction of sp³-hybridized carbons (Fsp3) is 0.259. The molecule has 1 fully saturated rings. The predicted octanol–water partition coefficient (Wildman–Crippen LogP) is 2.88. The van der Waals surface area contributed by atoms with Crippen LogP contribution in [0.4, 0.5) is 17.1 Å². The van der Waals surface area contributed by atoms with Crippen LogP contribution in [0.15, 0.2) is 54.6 Å². The molecule has 0 radical (unpaired) electrons. The third-order valence-electron chi connectivity index (χ3n) is 6.58. The highest BCUT2D eigenvalue weighted by molar-refractivity contribution is 6.12. The number of nitrogens with one attached hydrogen (secondary N) is 3. The number of amides is 2. The number of carbonyl (C=O) groups is 2. The van der Waals surface area contributed by atoms with Gasteiger partial charge in [0.05, 0.1) is 30.2 Å². The number of phenolic OH excluding ortho intramolecular Hbond substituents is 1. The summed E-state index contributed by atoms with van der Waals surface area (Å²) in [5.41, 5.74) is 10.3. The van der Waals surface area contributed by atoms with E-state index in [1.54, 1.807) is 42.5 Å². The van der Waals surface area contributed by atoms with E-state index in [-0.39, 0.29) is 23.3 Å². The maximum Gasteiger partial charge on any atom is 0.255 e. The fourth-order valence-corrected chi connectivity index (χ4v) is 4.60. The lowest BCUT2D eigenvalue weighted by Crippen LogP contribution is -2.39. The zero-order valence-corrected chi connectivity index (χ0v) is 19.8. The van der Waals surface area contributed by atoms with E-state index < -0.39 is 0 Å². The first kappa shape index (κ1) is 23.7. The normalized spacial score (nSPS) is 15.3. The largest absolute Gasteiger partial charge is 0.505 e. The maximum absolute atomic E-state index is 13.0. The molecule has 6 N–H and O–H groups in total. The number of rotatable bonds is 7. The number of para-hydroxylation sites is 1. The van der Waals surface area contributed by atoms with Crippen molar-refractivity contribution >= 4 is 28.9 Å². The van der Waals surface area contributed by atoms with Crippen molar-refractivity contribution in [3.05, 3.63) is 71.3 Å². The topological polar surface area (TPSA) is 129 Å². The van der Waals surface area contributed by atoms with Gasteiger partial charge in [-0.2, -0.15) is 0 Å². The number of hydrogen-bond donors (Lipinski definition) is 5. The van der Waals surface area contributed by atoms with Crippen LogP contribution >= 0.6 is 0 Å². The highest BCUT2D eigenvalue weighted by Gasteiger charge is 2.28. The lowest BCUT2D eigenvalue weighted by Gasteiger charge is -2.26. The van der Waals surface area contributed by atoms with Crippen LogP contribution in [0.5, 0.6) is 5.75 Å². The minimum Gasteiger partial charge on any atom is -0.505 e. The van der Waals surface area contributed by atoms with Crippen molar-refractivity contribution in [1.29, 1.82) is 0 Å². The number of nitrogen functional groups attached to an aromatic ring is 1. The van der Waals surface area contributed by atoms with Gasteiger partial charge in [-0.15, -0.1) is 0 Å². The van der Waals surface area contributed by atoms with Gasteiger partial charge in [0, 0.05) is 49.5 Å². The van der Waals surface area contributed by atoms with Crippen molar-refractivity contribution in [2.24, 2.45) is 0 Å². The highest BCUT2D eigenvalue weighted by Crippen LogP contribution is 2.40. The summed E-state index contributed by atoms with van der Waals surface area (Å²) in [5.74, 6) is -0.615. The SMILES string of the molecule is Nc1cccc(-c2ccc(NC(=O)c3ccc(NCCN4CCOCC4)cc3)c3c2CNC3=O)c1O. The molecular weight excluding hydrogens is 458 g/mol. The molecular formula is C27H29N5O4. The van der Waals surface area contributed by atoms with E-state index in [0.29, 0.717) is 40.0 Å². The minimum absolute atomic E-state index is 0.0329. The molecule has 9 nitrogen and oxygen atoms in total. The van der Waals surface area contributed by atoms with Crippen LogP contribution in [0.25, 0.3) is 11.1 Å². The van der Waals surface area contributed by atoms with Gasteiger partial charge in [-0.05, 0) is 47.5 Å². The Bertz CT molecular complexity index is 1290. The van der Waals surface area contributed by atoms with Crippen molar-refractivity contribution in [3.8, 4) is 16.9 Å². The van der Waals surface area contributed by atoms with Crippen LogP contribution < -0.4 is 21.7 Å².